The zero-order valence-electron chi connectivity index (χ0n) is 8.09. The Kier molecular flexibility index (Phi) is 2.58. The van der Waals surface area contributed by atoms with Gasteiger partial charge in [-0.05, 0) is 6.07 Å². The molecule has 0 atom stereocenters. The monoisotopic (exact) mass is 202 g/mol. The molecule has 0 N–H and O–H groups in total. The van der Waals surface area contributed by atoms with Crippen LogP contribution in [0, 0.1) is 0 Å². The molecule has 0 radical (unpaired) electrons. The molecule has 0 amide bonds. The van der Waals surface area contributed by atoms with Gasteiger partial charge < -0.3 is 4.79 Å². The van der Waals surface area contributed by atoms with Gasteiger partial charge in [0.15, 0.2) is 0 Å². The smallest absolute Gasteiger partial charge is 0.274 e. The highest BCUT2D eigenvalue weighted by Gasteiger charge is 2.01. The minimum Gasteiger partial charge on any atom is -0.303 e. The number of rotatable bonds is 3. The number of hydrogen-bond donors (Lipinski definition) is 0. The number of nitrogens with zero attached hydrogens (tertiary/aromatic N) is 2. The summed E-state index contributed by atoms with van der Waals surface area (Å²) < 4.78 is 1.32. The van der Waals surface area contributed by atoms with E-state index in [0.29, 0.717) is 18.4 Å². The molecule has 0 saturated carbocycles. The van der Waals surface area contributed by atoms with Crippen molar-refractivity contribution in [1.29, 1.82) is 0 Å². The highest BCUT2D eigenvalue weighted by Crippen LogP contribution is 2.06. The molecule has 0 aliphatic carbocycles. The van der Waals surface area contributed by atoms with Crippen LogP contribution in [0.15, 0.2) is 35.3 Å². The third-order valence-corrected chi connectivity index (χ3v) is 2.22. The summed E-state index contributed by atoms with van der Waals surface area (Å²) in [4.78, 5) is 22.0. The average molecular weight is 202 g/mol. The Morgan fingerprint density at radius 2 is 2.13 bits per heavy atom. The van der Waals surface area contributed by atoms with Gasteiger partial charge in [-0.15, -0.1) is 0 Å². The number of aromatic nitrogens is 2. The van der Waals surface area contributed by atoms with Gasteiger partial charge in [0, 0.05) is 11.8 Å². The van der Waals surface area contributed by atoms with Crippen molar-refractivity contribution in [2.75, 3.05) is 0 Å². The van der Waals surface area contributed by atoms with E-state index in [1.807, 2.05) is 18.2 Å². The Balaban J connectivity index is 2.55. The van der Waals surface area contributed by atoms with Crippen LogP contribution in [0.3, 0.4) is 0 Å². The molecule has 0 bridgehead atoms. The summed E-state index contributed by atoms with van der Waals surface area (Å²) in [6.07, 6.45) is 2.73. The molecule has 1 heterocycles. The van der Waals surface area contributed by atoms with Crippen LogP contribution in [-0.4, -0.2) is 16.1 Å². The van der Waals surface area contributed by atoms with Crippen LogP contribution in [0.1, 0.15) is 6.42 Å². The topological polar surface area (TPSA) is 52.0 Å². The van der Waals surface area contributed by atoms with Crippen LogP contribution in [0.4, 0.5) is 0 Å². The number of aryl methyl sites for hydroxylation is 1. The van der Waals surface area contributed by atoms with E-state index in [-0.39, 0.29) is 5.56 Å². The minimum absolute atomic E-state index is 0.144. The maximum atomic E-state index is 11.8. The van der Waals surface area contributed by atoms with Gasteiger partial charge in [0.2, 0.25) is 0 Å². The van der Waals surface area contributed by atoms with Gasteiger partial charge in [0.1, 0.15) is 6.29 Å². The van der Waals surface area contributed by atoms with Gasteiger partial charge in [-0.25, -0.2) is 4.68 Å². The fraction of sp³-hybridized carbons (Fsp3) is 0.182. The second kappa shape index (κ2) is 4.04. The number of carbonyl (C=O) groups is 1. The fourth-order valence-electron chi connectivity index (χ4n) is 1.46. The Bertz CT molecular complexity index is 546. The highest BCUT2D eigenvalue weighted by molar-refractivity contribution is 5.80. The first-order valence-electron chi connectivity index (χ1n) is 4.71. The van der Waals surface area contributed by atoms with Crippen LogP contribution in [0.25, 0.3) is 10.8 Å². The first kappa shape index (κ1) is 9.58. The summed E-state index contributed by atoms with van der Waals surface area (Å²) in [5.74, 6) is 0. The second-order valence-corrected chi connectivity index (χ2v) is 3.22. The molecule has 0 aliphatic rings. The molecule has 15 heavy (non-hydrogen) atoms. The molecule has 0 saturated heterocycles. The van der Waals surface area contributed by atoms with E-state index < -0.39 is 0 Å². The third kappa shape index (κ3) is 1.79. The lowest BCUT2D eigenvalue weighted by Gasteiger charge is -2.02. The molecule has 0 unspecified atom stereocenters. The van der Waals surface area contributed by atoms with Gasteiger partial charge in [-0.1, -0.05) is 18.2 Å². The van der Waals surface area contributed by atoms with E-state index >= 15 is 0 Å². The lowest BCUT2D eigenvalue weighted by atomic mass is 10.2. The van der Waals surface area contributed by atoms with Crippen molar-refractivity contribution in [3.8, 4) is 0 Å². The first-order valence-corrected chi connectivity index (χ1v) is 4.71. The van der Waals surface area contributed by atoms with Gasteiger partial charge in [-0.3, -0.25) is 4.79 Å². The lowest BCUT2D eigenvalue weighted by Crippen LogP contribution is -2.22. The number of aldehydes is 1. The molecule has 4 heteroatoms. The zero-order valence-corrected chi connectivity index (χ0v) is 8.09. The van der Waals surface area contributed by atoms with Crippen molar-refractivity contribution >= 4 is 17.1 Å². The predicted molar refractivity (Wildman–Crippen MR) is 56.7 cm³/mol. The van der Waals surface area contributed by atoms with E-state index in [1.54, 1.807) is 12.3 Å². The standard InChI is InChI=1S/C11H10N2O2/c14-7-3-6-13-11(15)10-5-2-1-4-9(10)8-12-13/h1-2,4-5,7-8H,3,6H2. The van der Waals surface area contributed by atoms with Gasteiger partial charge in [0.05, 0.1) is 18.1 Å². The van der Waals surface area contributed by atoms with Crippen LogP contribution in [-0.2, 0) is 11.3 Å². The van der Waals surface area contributed by atoms with Crippen LogP contribution < -0.4 is 5.56 Å². The largest absolute Gasteiger partial charge is 0.303 e. The average Bonchev–Trinajstić information content (AvgIpc) is 2.29. The van der Waals surface area contributed by atoms with Crippen LogP contribution >= 0.6 is 0 Å². The minimum atomic E-state index is -0.144. The fourth-order valence-corrected chi connectivity index (χ4v) is 1.46. The highest BCUT2D eigenvalue weighted by atomic mass is 16.1. The Morgan fingerprint density at radius 3 is 2.93 bits per heavy atom. The maximum Gasteiger partial charge on any atom is 0.274 e. The van der Waals surface area contributed by atoms with E-state index in [9.17, 15) is 9.59 Å². The van der Waals surface area contributed by atoms with Crippen LogP contribution in [0.2, 0.25) is 0 Å². The summed E-state index contributed by atoms with van der Waals surface area (Å²) in [5.41, 5.74) is -0.144. The Morgan fingerprint density at radius 1 is 1.33 bits per heavy atom. The predicted octanol–water partition coefficient (Wildman–Crippen LogP) is 0.985. The van der Waals surface area contributed by atoms with Crippen molar-refractivity contribution in [2.24, 2.45) is 0 Å². The molecular formula is C11H10N2O2. The van der Waals surface area contributed by atoms with Crippen molar-refractivity contribution in [3.05, 3.63) is 40.8 Å². The molecule has 0 spiro atoms. The maximum absolute atomic E-state index is 11.8. The van der Waals surface area contributed by atoms with Crippen molar-refractivity contribution in [1.82, 2.24) is 9.78 Å². The summed E-state index contributed by atoms with van der Waals surface area (Å²) in [6.45, 7) is 0.340. The zero-order chi connectivity index (χ0) is 10.7. The Labute approximate surface area is 86.1 Å². The normalized spacial score (nSPS) is 10.4. The molecule has 4 nitrogen and oxygen atoms in total. The summed E-state index contributed by atoms with van der Waals surface area (Å²) in [5, 5.41) is 5.45. The van der Waals surface area contributed by atoms with Gasteiger partial charge >= 0.3 is 0 Å². The molecule has 2 aromatic rings. The lowest BCUT2D eigenvalue weighted by molar-refractivity contribution is -0.108. The van der Waals surface area contributed by atoms with E-state index in [1.165, 1.54) is 4.68 Å². The van der Waals surface area contributed by atoms with E-state index in [2.05, 4.69) is 5.10 Å². The van der Waals surface area contributed by atoms with E-state index in [4.69, 9.17) is 0 Å². The molecule has 1 aromatic carbocycles. The molecule has 76 valence electrons. The van der Waals surface area contributed by atoms with Crippen molar-refractivity contribution in [3.63, 3.8) is 0 Å². The third-order valence-electron chi connectivity index (χ3n) is 2.22. The van der Waals surface area contributed by atoms with Gasteiger partial charge in [0.25, 0.3) is 5.56 Å². The summed E-state index contributed by atoms with van der Waals surface area (Å²) >= 11 is 0. The number of carbonyl (C=O) groups excluding carboxylic acids is 1. The number of benzene rings is 1. The van der Waals surface area contributed by atoms with Crippen molar-refractivity contribution < 1.29 is 4.79 Å². The SMILES string of the molecule is O=CCCn1ncc2ccccc2c1=O. The summed E-state index contributed by atoms with van der Waals surface area (Å²) in [6, 6.07) is 7.28. The van der Waals surface area contributed by atoms with Crippen molar-refractivity contribution in [2.45, 2.75) is 13.0 Å². The van der Waals surface area contributed by atoms with E-state index in [0.717, 1.165) is 11.7 Å². The second-order valence-electron chi connectivity index (χ2n) is 3.22. The molecule has 1 aromatic heterocycles. The molecule has 2 rings (SSSR count). The van der Waals surface area contributed by atoms with Crippen LogP contribution in [0.5, 0.6) is 0 Å². The summed E-state index contributed by atoms with van der Waals surface area (Å²) in [7, 11) is 0. The number of fused-ring (bicyclic) bond motifs is 1. The quantitative estimate of drug-likeness (QED) is 0.697. The molecule has 0 aliphatic heterocycles. The van der Waals surface area contributed by atoms with Gasteiger partial charge in [-0.2, -0.15) is 5.10 Å². The number of hydrogen-bond acceptors (Lipinski definition) is 3. The Hall–Kier alpha value is -1.97. The molecular weight excluding hydrogens is 192 g/mol. The molecule has 0 fully saturated rings. The first-order chi connectivity index (χ1) is 7.33.